The number of hydrogen-bond donors (Lipinski definition) is 0. The van der Waals surface area contributed by atoms with E-state index in [1.807, 2.05) is 13.8 Å². The molecule has 1 aliphatic heterocycles. The summed E-state index contributed by atoms with van der Waals surface area (Å²) in [5.41, 5.74) is -0.518. The average Bonchev–Trinajstić information content (AvgIpc) is 2.27. The number of amides is 1. The number of benzene rings is 1. The smallest absolute Gasteiger partial charge is 0.258 e. The highest BCUT2D eigenvalue weighted by Crippen LogP contribution is 2.26. The van der Waals surface area contributed by atoms with Crippen LogP contribution in [0.4, 0.5) is 4.39 Å². The number of carbonyl (C=O) groups is 1. The first-order chi connectivity index (χ1) is 8.43. The van der Waals surface area contributed by atoms with E-state index >= 15 is 0 Å². The summed E-state index contributed by atoms with van der Waals surface area (Å²) >= 11 is 5.92. The predicted molar refractivity (Wildman–Crippen MR) is 67.3 cm³/mol. The van der Waals surface area contributed by atoms with Crippen LogP contribution in [0.15, 0.2) is 18.2 Å². The fourth-order valence-corrected chi connectivity index (χ4v) is 2.32. The number of carbonyl (C=O) groups excluding carboxylic acids is 1. The predicted octanol–water partition coefficient (Wildman–Crippen LogP) is 2.73. The van der Waals surface area contributed by atoms with Gasteiger partial charge in [0.1, 0.15) is 5.82 Å². The molecule has 0 bridgehead atoms. The summed E-state index contributed by atoms with van der Waals surface area (Å²) in [5, 5.41) is 0.141. The van der Waals surface area contributed by atoms with Gasteiger partial charge in [-0.05, 0) is 26.0 Å². The lowest BCUT2D eigenvalue weighted by Crippen LogP contribution is -2.55. The molecule has 1 amide bonds. The Balaban J connectivity index is 2.36. The van der Waals surface area contributed by atoms with Crippen molar-refractivity contribution in [1.82, 2.24) is 4.90 Å². The molecule has 0 N–H and O–H groups in total. The molecule has 1 heterocycles. The molecule has 1 aromatic rings. The quantitative estimate of drug-likeness (QED) is 0.786. The Morgan fingerprint density at radius 2 is 2.22 bits per heavy atom. The van der Waals surface area contributed by atoms with Crippen LogP contribution < -0.4 is 0 Å². The van der Waals surface area contributed by atoms with Gasteiger partial charge in [-0.3, -0.25) is 4.79 Å². The highest BCUT2D eigenvalue weighted by atomic mass is 35.5. The van der Waals surface area contributed by atoms with Crippen molar-refractivity contribution in [2.24, 2.45) is 0 Å². The second-order valence-corrected chi connectivity index (χ2v) is 5.33. The molecule has 0 radical (unpaired) electrons. The summed E-state index contributed by atoms with van der Waals surface area (Å²) in [4.78, 5) is 14.0. The largest absolute Gasteiger partial charge is 0.377 e. The van der Waals surface area contributed by atoms with Gasteiger partial charge in [-0.1, -0.05) is 17.7 Å². The number of halogens is 2. The van der Waals surface area contributed by atoms with Gasteiger partial charge < -0.3 is 9.64 Å². The molecular formula is C13H15ClFNO2. The Kier molecular flexibility index (Phi) is 3.59. The molecule has 1 saturated heterocycles. The van der Waals surface area contributed by atoms with Crippen LogP contribution in [0.25, 0.3) is 0 Å². The van der Waals surface area contributed by atoms with Crippen molar-refractivity contribution in [1.29, 1.82) is 0 Å². The Morgan fingerprint density at radius 1 is 1.50 bits per heavy atom. The minimum Gasteiger partial charge on any atom is -0.377 e. The monoisotopic (exact) mass is 271 g/mol. The second-order valence-electron chi connectivity index (χ2n) is 4.92. The summed E-state index contributed by atoms with van der Waals surface area (Å²) in [6.07, 6.45) is 0. The van der Waals surface area contributed by atoms with Gasteiger partial charge in [0, 0.05) is 6.54 Å². The minimum absolute atomic E-state index is 0.0610. The zero-order valence-corrected chi connectivity index (χ0v) is 11.1. The van der Waals surface area contributed by atoms with Gasteiger partial charge >= 0.3 is 0 Å². The Morgan fingerprint density at radius 3 is 2.83 bits per heavy atom. The molecular weight excluding hydrogens is 257 g/mol. The molecule has 2 rings (SSSR count). The normalized spacial score (nSPS) is 18.8. The molecule has 18 heavy (non-hydrogen) atoms. The maximum Gasteiger partial charge on any atom is 0.258 e. The lowest BCUT2D eigenvalue weighted by molar-refractivity contribution is -0.0372. The fraction of sp³-hybridized carbons (Fsp3) is 0.462. The van der Waals surface area contributed by atoms with E-state index in [0.29, 0.717) is 19.8 Å². The van der Waals surface area contributed by atoms with Crippen LogP contribution in [0.5, 0.6) is 0 Å². The van der Waals surface area contributed by atoms with E-state index in [1.54, 1.807) is 4.90 Å². The van der Waals surface area contributed by atoms with Crippen LogP contribution in [0.2, 0.25) is 5.02 Å². The van der Waals surface area contributed by atoms with E-state index in [2.05, 4.69) is 0 Å². The number of nitrogens with zero attached hydrogens (tertiary/aromatic N) is 1. The summed E-state index contributed by atoms with van der Waals surface area (Å²) in [7, 11) is 0. The van der Waals surface area contributed by atoms with E-state index in [4.69, 9.17) is 16.3 Å². The van der Waals surface area contributed by atoms with Crippen molar-refractivity contribution >= 4 is 17.5 Å². The van der Waals surface area contributed by atoms with E-state index < -0.39 is 11.4 Å². The maximum absolute atomic E-state index is 13.7. The lowest BCUT2D eigenvalue weighted by atomic mass is 10.0. The number of ether oxygens (including phenoxy) is 1. The maximum atomic E-state index is 13.7. The van der Waals surface area contributed by atoms with Crippen molar-refractivity contribution in [3.63, 3.8) is 0 Å². The third-order valence-corrected chi connectivity index (χ3v) is 3.38. The van der Waals surface area contributed by atoms with E-state index in [9.17, 15) is 9.18 Å². The SMILES string of the molecule is CC1(C)COCCN1C(=O)c1c(F)cccc1Cl. The number of morpholine rings is 1. The zero-order chi connectivity index (χ0) is 13.3. The van der Waals surface area contributed by atoms with Crippen molar-refractivity contribution < 1.29 is 13.9 Å². The standard InChI is InChI=1S/C13H15ClFNO2/c1-13(2)8-18-7-6-16(13)12(17)11-9(14)4-3-5-10(11)15/h3-5H,6-8H2,1-2H3. The molecule has 1 aliphatic rings. The molecule has 0 aliphatic carbocycles. The van der Waals surface area contributed by atoms with Gasteiger partial charge in [0.25, 0.3) is 5.91 Å². The first-order valence-electron chi connectivity index (χ1n) is 5.77. The topological polar surface area (TPSA) is 29.5 Å². The van der Waals surface area contributed by atoms with Crippen LogP contribution in [-0.2, 0) is 4.74 Å². The summed E-state index contributed by atoms with van der Waals surface area (Å²) in [6.45, 7) is 5.11. The summed E-state index contributed by atoms with van der Waals surface area (Å²) in [6, 6.07) is 4.25. The fourth-order valence-electron chi connectivity index (χ4n) is 2.07. The third-order valence-electron chi connectivity index (χ3n) is 3.07. The summed E-state index contributed by atoms with van der Waals surface area (Å²) < 4.78 is 19.1. The first kappa shape index (κ1) is 13.3. The van der Waals surface area contributed by atoms with Crippen LogP contribution in [-0.4, -0.2) is 36.1 Å². The number of rotatable bonds is 1. The van der Waals surface area contributed by atoms with Crippen molar-refractivity contribution in [2.75, 3.05) is 19.8 Å². The van der Waals surface area contributed by atoms with Gasteiger partial charge in [0.15, 0.2) is 0 Å². The first-order valence-corrected chi connectivity index (χ1v) is 6.15. The van der Waals surface area contributed by atoms with E-state index in [0.717, 1.165) is 0 Å². The second kappa shape index (κ2) is 4.86. The average molecular weight is 272 g/mol. The lowest BCUT2D eigenvalue weighted by Gasteiger charge is -2.42. The molecule has 98 valence electrons. The minimum atomic E-state index is -0.588. The Bertz CT molecular complexity index is 456. The van der Waals surface area contributed by atoms with Crippen molar-refractivity contribution in [3.05, 3.63) is 34.6 Å². The van der Waals surface area contributed by atoms with Gasteiger partial charge in [0.05, 0.1) is 29.3 Å². The Hall–Kier alpha value is -1.13. The highest BCUT2D eigenvalue weighted by molar-refractivity contribution is 6.33. The molecule has 0 atom stereocenters. The van der Waals surface area contributed by atoms with Gasteiger partial charge in [-0.2, -0.15) is 0 Å². The van der Waals surface area contributed by atoms with Gasteiger partial charge in [0.2, 0.25) is 0 Å². The molecule has 5 heteroatoms. The molecule has 1 aromatic carbocycles. The van der Waals surface area contributed by atoms with Crippen LogP contribution >= 0.6 is 11.6 Å². The van der Waals surface area contributed by atoms with Crippen LogP contribution in [0.1, 0.15) is 24.2 Å². The molecule has 3 nitrogen and oxygen atoms in total. The Labute approximate surface area is 110 Å². The van der Waals surface area contributed by atoms with Crippen molar-refractivity contribution in [3.8, 4) is 0 Å². The highest BCUT2D eigenvalue weighted by Gasteiger charge is 2.36. The number of hydrogen-bond acceptors (Lipinski definition) is 2. The van der Waals surface area contributed by atoms with Crippen LogP contribution in [0, 0.1) is 5.82 Å². The van der Waals surface area contributed by atoms with E-state index in [-0.39, 0.29) is 16.5 Å². The molecule has 0 spiro atoms. The van der Waals surface area contributed by atoms with Gasteiger partial charge in [-0.25, -0.2) is 4.39 Å². The third kappa shape index (κ3) is 2.35. The van der Waals surface area contributed by atoms with Crippen LogP contribution in [0.3, 0.4) is 0 Å². The molecule has 0 aromatic heterocycles. The zero-order valence-electron chi connectivity index (χ0n) is 10.4. The van der Waals surface area contributed by atoms with Crippen molar-refractivity contribution in [2.45, 2.75) is 19.4 Å². The molecule has 0 unspecified atom stereocenters. The molecule has 1 fully saturated rings. The van der Waals surface area contributed by atoms with E-state index in [1.165, 1.54) is 18.2 Å². The molecule has 0 saturated carbocycles. The summed E-state index contributed by atoms with van der Waals surface area (Å²) in [5.74, 6) is -0.971. The van der Waals surface area contributed by atoms with Gasteiger partial charge in [-0.15, -0.1) is 0 Å².